The third-order valence-electron chi connectivity index (χ3n) is 4.63. The molecule has 1 N–H and O–H groups in total. The molecule has 1 amide bonds. The van der Waals surface area contributed by atoms with Gasteiger partial charge in [-0.15, -0.1) is 0 Å². The molecule has 0 saturated carbocycles. The zero-order valence-corrected chi connectivity index (χ0v) is 13.2. The second-order valence-corrected chi connectivity index (χ2v) is 6.49. The van der Waals surface area contributed by atoms with Gasteiger partial charge in [0.2, 0.25) is 5.91 Å². The number of hydrogen-bond donors (Lipinski definition) is 1. The number of amides is 1. The van der Waals surface area contributed by atoms with Crippen LogP contribution in [-0.4, -0.2) is 78.1 Å². The van der Waals surface area contributed by atoms with E-state index in [1.54, 1.807) is 0 Å². The van der Waals surface area contributed by atoms with E-state index >= 15 is 0 Å². The maximum atomic E-state index is 12.5. The van der Waals surface area contributed by atoms with Crippen LogP contribution >= 0.6 is 0 Å². The lowest BCUT2D eigenvalue weighted by Gasteiger charge is -2.30. The first kappa shape index (κ1) is 15.5. The normalized spacial score (nSPS) is 23.9. The van der Waals surface area contributed by atoms with Crippen molar-refractivity contribution in [1.82, 2.24) is 14.7 Å². The molecule has 0 unspecified atom stereocenters. The van der Waals surface area contributed by atoms with Crippen LogP contribution in [0.3, 0.4) is 0 Å². The number of carbonyl (C=O) groups excluding carboxylic acids is 1. The Labute approximate surface area is 132 Å². The average Bonchev–Trinajstić information content (AvgIpc) is 2.67. The topological polar surface area (TPSA) is 47.0 Å². The van der Waals surface area contributed by atoms with Crippen LogP contribution in [-0.2, 0) is 17.8 Å². The molecule has 5 nitrogen and oxygen atoms in total. The van der Waals surface area contributed by atoms with Crippen LogP contribution in [0.25, 0.3) is 0 Å². The summed E-state index contributed by atoms with van der Waals surface area (Å²) in [6, 6.07) is 8.46. The number of hydrogen-bond acceptors (Lipinski definition) is 4. The van der Waals surface area contributed by atoms with E-state index in [1.807, 2.05) is 11.9 Å². The van der Waals surface area contributed by atoms with Crippen LogP contribution in [0, 0.1) is 0 Å². The molecule has 1 aromatic rings. The molecule has 0 spiro atoms. The fourth-order valence-electron chi connectivity index (χ4n) is 3.35. The zero-order chi connectivity index (χ0) is 15.5. The SMILES string of the molecule is CN1CCN(C(=O)CN2CCc3ccccc3C2)C[C@@H](O)C1. The van der Waals surface area contributed by atoms with E-state index < -0.39 is 6.10 Å². The molecular weight excluding hydrogens is 278 g/mol. The zero-order valence-electron chi connectivity index (χ0n) is 13.2. The van der Waals surface area contributed by atoms with Gasteiger partial charge < -0.3 is 14.9 Å². The lowest BCUT2D eigenvalue weighted by atomic mass is 10.00. The van der Waals surface area contributed by atoms with Gasteiger partial charge in [-0.2, -0.15) is 0 Å². The minimum absolute atomic E-state index is 0.133. The van der Waals surface area contributed by atoms with Gasteiger partial charge in [0, 0.05) is 39.3 Å². The molecule has 1 fully saturated rings. The first-order chi connectivity index (χ1) is 10.6. The Hall–Kier alpha value is -1.43. The van der Waals surface area contributed by atoms with Crippen LogP contribution in [0.1, 0.15) is 11.1 Å². The van der Waals surface area contributed by atoms with E-state index in [9.17, 15) is 9.90 Å². The predicted molar refractivity (Wildman–Crippen MR) is 85.5 cm³/mol. The highest BCUT2D eigenvalue weighted by atomic mass is 16.3. The van der Waals surface area contributed by atoms with E-state index in [-0.39, 0.29) is 5.91 Å². The number of β-amino-alcohol motifs (C(OH)–C–C–N with tert-alkyl or cyclic N) is 1. The van der Waals surface area contributed by atoms with Gasteiger partial charge >= 0.3 is 0 Å². The number of nitrogens with zero attached hydrogens (tertiary/aromatic N) is 3. The number of aliphatic hydroxyl groups excluding tert-OH is 1. The van der Waals surface area contributed by atoms with Gasteiger partial charge in [0.25, 0.3) is 0 Å². The molecule has 2 aliphatic rings. The smallest absolute Gasteiger partial charge is 0.236 e. The fraction of sp³-hybridized carbons (Fsp3) is 0.588. The molecule has 1 atom stereocenters. The van der Waals surface area contributed by atoms with Gasteiger partial charge in [0.15, 0.2) is 0 Å². The first-order valence-electron chi connectivity index (χ1n) is 8.05. The summed E-state index contributed by atoms with van der Waals surface area (Å²) in [6.45, 7) is 4.85. The van der Waals surface area contributed by atoms with Crippen LogP contribution in [0.15, 0.2) is 24.3 Å². The molecule has 1 saturated heterocycles. The summed E-state index contributed by atoms with van der Waals surface area (Å²) in [4.78, 5) is 18.6. The Morgan fingerprint density at radius 3 is 2.77 bits per heavy atom. The molecule has 0 aromatic heterocycles. The predicted octanol–water partition coefficient (Wildman–Crippen LogP) is 0.180. The highest BCUT2D eigenvalue weighted by molar-refractivity contribution is 5.78. The van der Waals surface area contributed by atoms with Gasteiger partial charge in [0.1, 0.15) is 0 Å². The Morgan fingerprint density at radius 1 is 1.18 bits per heavy atom. The van der Waals surface area contributed by atoms with Gasteiger partial charge in [-0.25, -0.2) is 0 Å². The van der Waals surface area contributed by atoms with Crippen LogP contribution < -0.4 is 0 Å². The van der Waals surface area contributed by atoms with Crippen molar-refractivity contribution < 1.29 is 9.90 Å². The number of benzene rings is 1. The van der Waals surface area contributed by atoms with Crippen molar-refractivity contribution in [2.45, 2.75) is 19.1 Å². The number of likely N-dealkylation sites (N-methyl/N-ethyl adjacent to an activating group) is 1. The minimum Gasteiger partial charge on any atom is -0.390 e. The summed E-state index contributed by atoms with van der Waals surface area (Å²) < 4.78 is 0. The van der Waals surface area contributed by atoms with E-state index in [4.69, 9.17) is 0 Å². The van der Waals surface area contributed by atoms with Crippen molar-refractivity contribution in [1.29, 1.82) is 0 Å². The third-order valence-corrected chi connectivity index (χ3v) is 4.63. The lowest BCUT2D eigenvalue weighted by Crippen LogP contribution is -2.45. The molecule has 0 aliphatic carbocycles. The standard InChI is InChI=1S/C17H25N3O2/c1-18-8-9-20(12-16(21)11-18)17(22)13-19-7-6-14-4-2-3-5-15(14)10-19/h2-5,16,21H,6-13H2,1H3/t16-/m0/s1. The molecule has 22 heavy (non-hydrogen) atoms. The van der Waals surface area contributed by atoms with Crippen molar-refractivity contribution >= 4 is 5.91 Å². The average molecular weight is 303 g/mol. The minimum atomic E-state index is -0.446. The Kier molecular flexibility index (Phi) is 4.76. The van der Waals surface area contributed by atoms with Crippen molar-refractivity contribution in [2.75, 3.05) is 46.3 Å². The van der Waals surface area contributed by atoms with Gasteiger partial charge in [0.05, 0.1) is 12.6 Å². The summed E-state index contributed by atoms with van der Waals surface area (Å²) in [5, 5.41) is 9.97. The maximum Gasteiger partial charge on any atom is 0.236 e. The van der Waals surface area contributed by atoms with E-state index in [2.05, 4.69) is 34.1 Å². The highest BCUT2D eigenvalue weighted by Gasteiger charge is 2.25. The maximum absolute atomic E-state index is 12.5. The molecular formula is C17H25N3O2. The quantitative estimate of drug-likeness (QED) is 0.847. The summed E-state index contributed by atoms with van der Waals surface area (Å²) in [5.41, 5.74) is 2.73. The second-order valence-electron chi connectivity index (χ2n) is 6.49. The van der Waals surface area contributed by atoms with Crippen LogP contribution in [0.4, 0.5) is 0 Å². The van der Waals surface area contributed by atoms with Crippen molar-refractivity contribution in [3.8, 4) is 0 Å². The summed E-state index contributed by atoms with van der Waals surface area (Å²) in [6.07, 6.45) is 0.563. The molecule has 3 rings (SSSR count). The molecule has 0 bridgehead atoms. The van der Waals surface area contributed by atoms with Gasteiger partial charge in [-0.05, 0) is 24.6 Å². The van der Waals surface area contributed by atoms with E-state index in [1.165, 1.54) is 11.1 Å². The summed E-state index contributed by atoms with van der Waals surface area (Å²) in [7, 11) is 1.98. The summed E-state index contributed by atoms with van der Waals surface area (Å²) in [5.74, 6) is 0.133. The summed E-state index contributed by atoms with van der Waals surface area (Å²) >= 11 is 0. The van der Waals surface area contributed by atoms with Crippen molar-refractivity contribution in [3.63, 3.8) is 0 Å². The first-order valence-corrected chi connectivity index (χ1v) is 8.05. The van der Waals surface area contributed by atoms with E-state index in [0.29, 0.717) is 26.2 Å². The molecule has 2 heterocycles. The van der Waals surface area contributed by atoms with Crippen molar-refractivity contribution in [2.24, 2.45) is 0 Å². The van der Waals surface area contributed by atoms with Crippen LogP contribution in [0.5, 0.6) is 0 Å². The monoisotopic (exact) mass is 303 g/mol. The third kappa shape index (κ3) is 3.66. The Bertz CT molecular complexity index is 534. The molecule has 1 aromatic carbocycles. The Balaban J connectivity index is 1.58. The molecule has 2 aliphatic heterocycles. The number of rotatable bonds is 2. The van der Waals surface area contributed by atoms with Gasteiger partial charge in [-0.3, -0.25) is 9.69 Å². The highest BCUT2D eigenvalue weighted by Crippen LogP contribution is 2.18. The number of fused-ring (bicyclic) bond motifs is 1. The Morgan fingerprint density at radius 2 is 1.95 bits per heavy atom. The lowest BCUT2D eigenvalue weighted by molar-refractivity contribution is -0.133. The van der Waals surface area contributed by atoms with Crippen molar-refractivity contribution in [3.05, 3.63) is 35.4 Å². The van der Waals surface area contributed by atoms with Crippen LogP contribution in [0.2, 0.25) is 0 Å². The number of carbonyl (C=O) groups is 1. The molecule has 0 radical (unpaired) electrons. The molecule has 120 valence electrons. The fourth-order valence-corrected chi connectivity index (χ4v) is 3.35. The van der Waals surface area contributed by atoms with Gasteiger partial charge in [-0.1, -0.05) is 24.3 Å². The number of aliphatic hydroxyl groups is 1. The molecule has 5 heteroatoms. The van der Waals surface area contributed by atoms with E-state index in [0.717, 1.165) is 26.1 Å². The second kappa shape index (κ2) is 6.77. The largest absolute Gasteiger partial charge is 0.390 e.